The van der Waals surface area contributed by atoms with Crippen molar-refractivity contribution in [1.29, 1.82) is 0 Å². The lowest BCUT2D eigenvalue weighted by Gasteiger charge is -2.03. The van der Waals surface area contributed by atoms with E-state index in [2.05, 4.69) is 5.16 Å². The van der Waals surface area contributed by atoms with E-state index in [0.29, 0.717) is 0 Å². The summed E-state index contributed by atoms with van der Waals surface area (Å²) in [6.45, 7) is 0. The summed E-state index contributed by atoms with van der Waals surface area (Å²) in [7, 11) is 1.64. The highest BCUT2D eigenvalue weighted by Crippen LogP contribution is 2.27. The molecule has 0 N–H and O–H groups in total. The van der Waals surface area contributed by atoms with Crippen molar-refractivity contribution in [3.8, 4) is 17.0 Å². The minimum Gasteiger partial charge on any atom is -0.496 e. The number of hydrogen-bond acceptors (Lipinski definition) is 3. The topological polar surface area (TPSA) is 35.3 Å². The predicted molar refractivity (Wildman–Crippen MR) is 48.5 cm³/mol. The number of para-hydroxylation sites is 1. The van der Waals surface area contributed by atoms with Crippen molar-refractivity contribution in [3.63, 3.8) is 0 Å². The first-order chi connectivity index (χ1) is 6.42. The highest BCUT2D eigenvalue weighted by Gasteiger charge is 2.06. The summed E-state index contributed by atoms with van der Waals surface area (Å²) in [5.74, 6) is 0.802. The van der Waals surface area contributed by atoms with Crippen LogP contribution in [-0.4, -0.2) is 12.3 Å². The maximum atomic E-state index is 5.19. The molecule has 0 radical (unpaired) electrons. The summed E-state index contributed by atoms with van der Waals surface area (Å²) in [6.07, 6.45) is 1.54. The van der Waals surface area contributed by atoms with Crippen LogP contribution < -0.4 is 4.74 Å². The molecular formula is C10H9NO2. The van der Waals surface area contributed by atoms with Crippen molar-refractivity contribution >= 4 is 0 Å². The van der Waals surface area contributed by atoms with Crippen LogP contribution in [0.4, 0.5) is 0 Å². The van der Waals surface area contributed by atoms with Crippen molar-refractivity contribution in [3.05, 3.63) is 36.6 Å². The monoisotopic (exact) mass is 175 g/mol. The van der Waals surface area contributed by atoms with Crippen LogP contribution >= 0.6 is 0 Å². The molecule has 3 nitrogen and oxygen atoms in total. The largest absolute Gasteiger partial charge is 0.496 e. The van der Waals surface area contributed by atoms with Gasteiger partial charge in [-0.25, -0.2) is 0 Å². The number of hydrogen-bond donors (Lipinski definition) is 0. The van der Waals surface area contributed by atoms with Crippen molar-refractivity contribution in [2.45, 2.75) is 0 Å². The SMILES string of the molecule is COc1ccccc1-c1ccon1. The maximum Gasteiger partial charge on any atom is 0.128 e. The van der Waals surface area contributed by atoms with Crippen molar-refractivity contribution in [2.24, 2.45) is 0 Å². The summed E-state index contributed by atoms with van der Waals surface area (Å²) >= 11 is 0. The number of ether oxygens (including phenoxy) is 1. The molecule has 0 fully saturated rings. The molecule has 0 unspecified atom stereocenters. The summed E-state index contributed by atoms with van der Waals surface area (Å²) < 4.78 is 9.95. The van der Waals surface area contributed by atoms with Gasteiger partial charge in [0.2, 0.25) is 0 Å². The van der Waals surface area contributed by atoms with Gasteiger partial charge in [-0.2, -0.15) is 0 Å². The lowest BCUT2D eigenvalue weighted by atomic mass is 10.1. The zero-order valence-corrected chi connectivity index (χ0v) is 7.23. The molecule has 0 amide bonds. The molecule has 3 heteroatoms. The number of nitrogens with zero attached hydrogens (tertiary/aromatic N) is 1. The Morgan fingerprint density at radius 3 is 2.77 bits per heavy atom. The molecule has 0 bridgehead atoms. The van der Waals surface area contributed by atoms with Gasteiger partial charge in [0.15, 0.2) is 0 Å². The first-order valence-corrected chi connectivity index (χ1v) is 3.95. The molecule has 0 aliphatic heterocycles. The summed E-state index contributed by atoms with van der Waals surface area (Å²) in [5, 5.41) is 3.84. The highest BCUT2D eigenvalue weighted by atomic mass is 16.5. The molecule has 0 saturated heterocycles. The van der Waals surface area contributed by atoms with Crippen molar-refractivity contribution in [2.75, 3.05) is 7.11 Å². The summed E-state index contributed by atoms with van der Waals surface area (Å²) in [5.41, 5.74) is 1.73. The van der Waals surface area contributed by atoms with Crippen LogP contribution in [-0.2, 0) is 0 Å². The minimum atomic E-state index is 0.789. The van der Waals surface area contributed by atoms with E-state index in [1.165, 1.54) is 0 Å². The van der Waals surface area contributed by atoms with Gasteiger partial charge in [-0.1, -0.05) is 17.3 Å². The van der Waals surface area contributed by atoms with Crippen LogP contribution in [0, 0.1) is 0 Å². The second kappa shape index (κ2) is 3.31. The molecule has 0 atom stereocenters. The van der Waals surface area contributed by atoms with Gasteiger partial charge in [0.1, 0.15) is 17.7 Å². The fourth-order valence-electron chi connectivity index (χ4n) is 1.21. The van der Waals surface area contributed by atoms with Crippen molar-refractivity contribution in [1.82, 2.24) is 5.16 Å². The number of benzene rings is 1. The van der Waals surface area contributed by atoms with Crippen LogP contribution in [0.3, 0.4) is 0 Å². The molecule has 0 spiro atoms. The Morgan fingerprint density at radius 1 is 1.23 bits per heavy atom. The minimum absolute atomic E-state index is 0.789. The lowest BCUT2D eigenvalue weighted by Crippen LogP contribution is -1.86. The Labute approximate surface area is 75.9 Å². The molecule has 1 aromatic heterocycles. The lowest BCUT2D eigenvalue weighted by molar-refractivity contribution is 0.411. The summed E-state index contributed by atoms with van der Waals surface area (Å²) in [4.78, 5) is 0. The van der Waals surface area contributed by atoms with E-state index in [-0.39, 0.29) is 0 Å². The molecule has 1 aromatic carbocycles. The standard InChI is InChI=1S/C10H9NO2/c1-12-10-5-3-2-4-8(10)9-6-7-13-11-9/h2-7H,1H3. The van der Waals surface area contributed by atoms with Crippen LogP contribution in [0.5, 0.6) is 5.75 Å². The molecule has 0 saturated carbocycles. The predicted octanol–water partition coefficient (Wildman–Crippen LogP) is 2.35. The molecule has 1 heterocycles. The molecule has 2 aromatic rings. The van der Waals surface area contributed by atoms with Crippen LogP contribution in [0.2, 0.25) is 0 Å². The van der Waals surface area contributed by atoms with Gasteiger partial charge in [0.25, 0.3) is 0 Å². The molecule has 0 aliphatic rings. The fourth-order valence-corrected chi connectivity index (χ4v) is 1.21. The molecule has 13 heavy (non-hydrogen) atoms. The van der Waals surface area contributed by atoms with E-state index in [4.69, 9.17) is 9.26 Å². The Balaban J connectivity index is 2.51. The van der Waals surface area contributed by atoms with Gasteiger partial charge < -0.3 is 9.26 Å². The Morgan fingerprint density at radius 2 is 2.08 bits per heavy atom. The number of methoxy groups -OCH3 is 1. The Hall–Kier alpha value is -1.77. The second-order valence-electron chi connectivity index (χ2n) is 2.58. The Kier molecular flexibility index (Phi) is 2.00. The third kappa shape index (κ3) is 1.40. The van der Waals surface area contributed by atoms with Gasteiger partial charge in [-0.3, -0.25) is 0 Å². The van der Waals surface area contributed by atoms with E-state index in [1.54, 1.807) is 19.4 Å². The van der Waals surface area contributed by atoms with Crippen LogP contribution in [0.15, 0.2) is 41.1 Å². The van der Waals surface area contributed by atoms with Gasteiger partial charge in [0.05, 0.1) is 7.11 Å². The maximum absolute atomic E-state index is 5.19. The highest BCUT2D eigenvalue weighted by molar-refractivity contribution is 5.66. The van der Waals surface area contributed by atoms with E-state index in [9.17, 15) is 0 Å². The number of rotatable bonds is 2. The van der Waals surface area contributed by atoms with E-state index in [1.807, 2.05) is 24.3 Å². The van der Waals surface area contributed by atoms with Gasteiger partial charge >= 0.3 is 0 Å². The van der Waals surface area contributed by atoms with Crippen LogP contribution in [0.1, 0.15) is 0 Å². The average molecular weight is 175 g/mol. The quantitative estimate of drug-likeness (QED) is 0.702. The smallest absolute Gasteiger partial charge is 0.128 e. The van der Waals surface area contributed by atoms with E-state index >= 15 is 0 Å². The first kappa shape index (κ1) is 7.86. The Bertz CT molecular complexity index is 382. The van der Waals surface area contributed by atoms with E-state index < -0.39 is 0 Å². The molecule has 2 rings (SSSR count). The third-order valence-corrected chi connectivity index (χ3v) is 1.82. The van der Waals surface area contributed by atoms with Gasteiger partial charge in [-0.05, 0) is 12.1 Å². The zero-order chi connectivity index (χ0) is 9.10. The fraction of sp³-hybridized carbons (Fsp3) is 0.100. The summed E-state index contributed by atoms with van der Waals surface area (Å²) in [6, 6.07) is 9.49. The second-order valence-corrected chi connectivity index (χ2v) is 2.58. The molecule has 0 aliphatic carbocycles. The van der Waals surface area contributed by atoms with Gasteiger partial charge in [-0.15, -0.1) is 0 Å². The third-order valence-electron chi connectivity index (χ3n) is 1.82. The average Bonchev–Trinajstić information content (AvgIpc) is 2.70. The normalized spacial score (nSPS) is 9.92. The zero-order valence-electron chi connectivity index (χ0n) is 7.23. The van der Waals surface area contributed by atoms with E-state index in [0.717, 1.165) is 17.0 Å². The number of aromatic nitrogens is 1. The first-order valence-electron chi connectivity index (χ1n) is 3.95. The van der Waals surface area contributed by atoms with Crippen molar-refractivity contribution < 1.29 is 9.26 Å². The van der Waals surface area contributed by atoms with Crippen LogP contribution in [0.25, 0.3) is 11.3 Å². The molecule has 66 valence electrons. The molecular weight excluding hydrogens is 166 g/mol. The van der Waals surface area contributed by atoms with Gasteiger partial charge in [0, 0.05) is 11.6 Å².